The van der Waals surface area contributed by atoms with Gasteiger partial charge in [0, 0.05) is 39.1 Å². The number of carbonyl (C=O) groups excluding carboxylic acids is 5. The van der Waals surface area contributed by atoms with Crippen molar-refractivity contribution < 1.29 is 33.4 Å². The first kappa shape index (κ1) is 45.9. The lowest BCUT2D eigenvalue weighted by molar-refractivity contribution is -0.159. The van der Waals surface area contributed by atoms with Crippen LogP contribution < -0.4 is 16.0 Å². The number of carbonyl (C=O) groups is 5. The Bertz CT molecular complexity index is 1440. The van der Waals surface area contributed by atoms with Gasteiger partial charge in [-0.1, -0.05) is 78.3 Å². The van der Waals surface area contributed by atoms with E-state index < -0.39 is 47.3 Å². The van der Waals surface area contributed by atoms with E-state index in [1.807, 2.05) is 69.9 Å². The molecule has 2 saturated heterocycles. The highest BCUT2D eigenvalue weighted by atomic mass is 16.6. The standard InChI is InChI=1S/C43H71N5O7/c1-13-28(4)37(47(11)39(51)36(27(2)3)46-41(53)43(10)22-18-23-44-43)34(54-12)26-35(49)48-24-17-21-33(48)29(5)30(6)38(50)45-32(40(52)55-42(7,8)9)25-31-19-15-14-16-20-31/h14-16,19-20,27-30,32-34,36-37,44H,13,17-18,21-26H2,1-12H3,(H,45,50)(H,46,53)/t28-,29+,30+,32-,33-,34+,36-,37-,43-/m0/s1. The lowest BCUT2D eigenvalue weighted by atomic mass is 9.86. The number of methoxy groups -OCH3 is 1. The van der Waals surface area contributed by atoms with E-state index in [0.29, 0.717) is 19.4 Å². The fraction of sp³-hybridized carbons (Fsp3) is 0.744. The Morgan fingerprint density at radius 3 is 2.22 bits per heavy atom. The van der Waals surface area contributed by atoms with Crippen molar-refractivity contribution in [3.05, 3.63) is 35.9 Å². The van der Waals surface area contributed by atoms with E-state index in [1.165, 1.54) is 0 Å². The van der Waals surface area contributed by atoms with Crippen molar-refractivity contribution in [1.82, 2.24) is 25.8 Å². The number of rotatable bonds is 18. The third kappa shape index (κ3) is 12.2. The molecular weight excluding hydrogens is 699 g/mol. The lowest BCUT2D eigenvalue weighted by Crippen LogP contribution is -2.61. The van der Waals surface area contributed by atoms with Gasteiger partial charge in [-0.3, -0.25) is 19.2 Å². The van der Waals surface area contributed by atoms with Gasteiger partial charge >= 0.3 is 5.97 Å². The fourth-order valence-electron chi connectivity index (χ4n) is 8.08. The molecule has 2 fully saturated rings. The zero-order valence-electron chi connectivity index (χ0n) is 35.7. The maximum atomic E-state index is 14.2. The Kier molecular flexibility index (Phi) is 16.7. The SMILES string of the molecule is CC[C@H](C)[C@@H]([C@@H](CC(=O)N1CCC[C@H]1[C@H](C)[C@@H](C)C(=O)N[C@@H](Cc1ccccc1)C(=O)OC(C)(C)C)OC)N(C)C(=O)[C@@H](NC(=O)[C@]1(C)CCCN1)C(C)C. The van der Waals surface area contributed by atoms with E-state index in [1.54, 1.807) is 39.8 Å². The van der Waals surface area contributed by atoms with Gasteiger partial charge in [0.1, 0.15) is 17.7 Å². The van der Waals surface area contributed by atoms with Crippen LogP contribution in [0.4, 0.5) is 0 Å². The number of amides is 4. The van der Waals surface area contributed by atoms with Crippen LogP contribution in [0.15, 0.2) is 30.3 Å². The highest BCUT2D eigenvalue weighted by molar-refractivity contribution is 5.92. The lowest BCUT2D eigenvalue weighted by Gasteiger charge is -2.41. The summed E-state index contributed by atoms with van der Waals surface area (Å²) >= 11 is 0. The van der Waals surface area contributed by atoms with Crippen LogP contribution in [0.25, 0.3) is 0 Å². The van der Waals surface area contributed by atoms with Crippen LogP contribution in [-0.4, -0.2) is 108 Å². The van der Waals surface area contributed by atoms with Gasteiger partial charge in [0.2, 0.25) is 23.6 Å². The molecule has 9 atom stereocenters. The molecule has 0 bridgehead atoms. The van der Waals surface area contributed by atoms with Crippen molar-refractivity contribution in [3.63, 3.8) is 0 Å². The van der Waals surface area contributed by atoms with E-state index in [4.69, 9.17) is 9.47 Å². The number of hydrogen-bond acceptors (Lipinski definition) is 8. The molecule has 0 spiro atoms. The average Bonchev–Trinajstić information content (AvgIpc) is 3.82. The van der Waals surface area contributed by atoms with Gasteiger partial charge in [-0.15, -0.1) is 0 Å². The summed E-state index contributed by atoms with van der Waals surface area (Å²) in [4.78, 5) is 72.4. The topological polar surface area (TPSA) is 146 Å². The quantitative estimate of drug-likeness (QED) is 0.179. The monoisotopic (exact) mass is 770 g/mol. The molecule has 0 unspecified atom stereocenters. The van der Waals surface area contributed by atoms with Crippen molar-refractivity contribution in [1.29, 1.82) is 0 Å². The summed E-state index contributed by atoms with van der Waals surface area (Å²) in [6.07, 6.45) is 3.67. The maximum absolute atomic E-state index is 14.2. The summed E-state index contributed by atoms with van der Waals surface area (Å²) in [5, 5.41) is 9.31. The van der Waals surface area contributed by atoms with Gasteiger partial charge in [-0.2, -0.15) is 0 Å². The number of likely N-dealkylation sites (tertiary alicyclic amines) is 1. The molecule has 0 aromatic heterocycles. The Morgan fingerprint density at radius 2 is 1.67 bits per heavy atom. The minimum atomic E-state index is -0.865. The number of esters is 1. The van der Waals surface area contributed by atoms with Crippen LogP contribution in [0.3, 0.4) is 0 Å². The predicted molar refractivity (Wildman–Crippen MR) is 215 cm³/mol. The summed E-state index contributed by atoms with van der Waals surface area (Å²) in [6.45, 7) is 20.4. The van der Waals surface area contributed by atoms with Crippen molar-refractivity contribution >= 4 is 29.6 Å². The Morgan fingerprint density at radius 1 is 1.02 bits per heavy atom. The highest BCUT2D eigenvalue weighted by Gasteiger charge is 2.43. The van der Waals surface area contributed by atoms with Gasteiger partial charge < -0.3 is 35.2 Å². The molecule has 12 heteroatoms. The Labute approximate surface area is 330 Å². The molecule has 1 aromatic rings. The van der Waals surface area contributed by atoms with Crippen molar-refractivity contribution in [2.75, 3.05) is 27.2 Å². The molecule has 1 aromatic carbocycles. The zero-order valence-corrected chi connectivity index (χ0v) is 35.7. The molecule has 2 heterocycles. The third-order valence-electron chi connectivity index (χ3n) is 11.9. The number of benzene rings is 1. The van der Waals surface area contributed by atoms with Crippen molar-refractivity contribution in [2.45, 2.75) is 156 Å². The van der Waals surface area contributed by atoms with Crippen LogP contribution in [0, 0.1) is 23.7 Å². The maximum Gasteiger partial charge on any atom is 0.329 e. The first-order valence-corrected chi connectivity index (χ1v) is 20.5. The van der Waals surface area contributed by atoms with Crippen molar-refractivity contribution in [2.24, 2.45) is 23.7 Å². The minimum Gasteiger partial charge on any atom is -0.458 e. The van der Waals surface area contributed by atoms with Crippen molar-refractivity contribution in [3.8, 4) is 0 Å². The van der Waals surface area contributed by atoms with E-state index in [9.17, 15) is 24.0 Å². The Hall–Kier alpha value is -3.51. The second kappa shape index (κ2) is 20.1. The molecule has 2 aliphatic heterocycles. The van der Waals surface area contributed by atoms with Gasteiger partial charge in [-0.05, 0) is 83.2 Å². The molecule has 0 saturated carbocycles. The molecule has 55 heavy (non-hydrogen) atoms. The van der Waals surface area contributed by atoms with Gasteiger partial charge in [0.25, 0.3) is 0 Å². The van der Waals surface area contributed by atoms with Crippen LogP contribution in [0.2, 0.25) is 0 Å². The molecule has 4 amide bonds. The number of hydrogen-bond donors (Lipinski definition) is 3. The zero-order chi connectivity index (χ0) is 41.2. The van der Waals surface area contributed by atoms with Crippen LogP contribution >= 0.6 is 0 Å². The molecule has 2 aliphatic rings. The Balaban J connectivity index is 1.75. The molecule has 12 nitrogen and oxygen atoms in total. The number of likely N-dealkylation sites (N-methyl/N-ethyl adjacent to an activating group) is 1. The first-order chi connectivity index (χ1) is 25.7. The summed E-state index contributed by atoms with van der Waals surface area (Å²) in [7, 11) is 3.32. The first-order valence-electron chi connectivity index (χ1n) is 20.5. The van der Waals surface area contributed by atoms with Crippen LogP contribution in [-0.2, 0) is 39.9 Å². The molecular formula is C43H71N5O7. The second-order valence-electron chi connectivity index (χ2n) is 17.6. The molecule has 0 radical (unpaired) electrons. The summed E-state index contributed by atoms with van der Waals surface area (Å²) in [5.41, 5.74) is -0.524. The van der Waals surface area contributed by atoms with Gasteiger partial charge in [0.05, 0.1) is 24.1 Å². The van der Waals surface area contributed by atoms with E-state index in [2.05, 4.69) is 29.8 Å². The molecule has 3 N–H and O–H groups in total. The van der Waals surface area contributed by atoms with Gasteiger partial charge in [-0.25, -0.2) is 4.79 Å². The normalized spacial score (nSPS) is 22.6. The van der Waals surface area contributed by atoms with E-state index in [-0.39, 0.29) is 53.8 Å². The molecule has 0 aliphatic carbocycles. The summed E-state index contributed by atoms with van der Waals surface area (Å²) < 4.78 is 11.7. The minimum absolute atomic E-state index is 0.00458. The molecule has 310 valence electrons. The van der Waals surface area contributed by atoms with E-state index in [0.717, 1.165) is 37.8 Å². The largest absolute Gasteiger partial charge is 0.458 e. The molecule has 3 rings (SSSR count). The fourth-order valence-corrected chi connectivity index (χ4v) is 8.08. The third-order valence-corrected chi connectivity index (χ3v) is 11.9. The van der Waals surface area contributed by atoms with Crippen LogP contribution in [0.1, 0.15) is 113 Å². The number of nitrogens with zero attached hydrogens (tertiary/aromatic N) is 2. The average molecular weight is 770 g/mol. The van der Waals surface area contributed by atoms with E-state index >= 15 is 0 Å². The smallest absolute Gasteiger partial charge is 0.329 e. The second-order valence-corrected chi connectivity index (χ2v) is 17.6. The number of ether oxygens (including phenoxy) is 2. The highest BCUT2D eigenvalue weighted by Crippen LogP contribution is 2.32. The van der Waals surface area contributed by atoms with Crippen LogP contribution in [0.5, 0.6) is 0 Å². The van der Waals surface area contributed by atoms with Gasteiger partial charge in [0.15, 0.2) is 0 Å². The summed E-state index contributed by atoms with van der Waals surface area (Å²) in [6, 6.07) is 7.31. The number of nitrogens with one attached hydrogen (secondary N) is 3. The summed E-state index contributed by atoms with van der Waals surface area (Å²) in [5.74, 6) is -2.12. The predicted octanol–water partition coefficient (Wildman–Crippen LogP) is 4.88.